The van der Waals surface area contributed by atoms with Crippen LogP contribution in [-0.2, 0) is 47.6 Å². The summed E-state index contributed by atoms with van der Waals surface area (Å²) in [5.41, 5.74) is 0. The van der Waals surface area contributed by atoms with Gasteiger partial charge in [0.05, 0.1) is 19.1 Å². The number of nitrogens with zero attached hydrogens (tertiary/aromatic N) is 1. The third kappa shape index (κ3) is 41.8. The van der Waals surface area contributed by atoms with Crippen LogP contribution in [0, 0.1) is 5.92 Å². The van der Waals surface area contributed by atoms with E-state index < -0.39 is 18.0 Å². The average Bonchev–Trinajstić information content (AvgIpc) is 3.32. The maximum Gasteiger partial charge on any atom is 0.508 e. The van der Waals surface area contributed by atoms with Crippen LogP contribution in [0.4, 0.5) is 4.79 Å². The summed E-state index contributed by atoms with van der Waals surface area (Å²) in [6.07, 6.45) is 35.8. The first-order chi connectivity index (χ1) is 32.8. The molecule has 67 heavy (non-hydrogen) atoms. The smallest absolute Gasteiger partial charge is 0.466 e. The summed E-state index contributed by atoms with van der Waals surface area (Å²) in [7, 11) is 0. The molecule has 1 unspecified atom stereocenters. The molecule has 0 spiro atoms. The minimum absolute atomic E-state index is 0.0140. The van der Waals surface area contributed by atoms with Crippen LogP contribution in [0.5, 0.6) is 0 Å². The third-order valence-corrected chi connectivity index (χ3v) is 12.8. The summed E-state index contributed by atoms with van der Waals surface area (Å²) in [5, 5.41) is 0. The predicted octanol–water partition coefficient (Wildman–Crippen LogP) is 14.1. The van der Waals surface area contributed by atoms with Crippen LogP contribution in [0.15, 0.2) is 0 Å². The highest BCUT2D eigenvalue weighted by Gasteiger charge is 2.19. The highest BCUT2D eigenvalue weighted by molar-refractivity contribution is 5.70. The van der Waals surface area contributed by atoms with E-state index >= 15 is 0 Å². The van der Waals surface area contributed by atoms with Crippen LogP contribution in [0.1, 0.15) is 258 Å². The maximum absolute atomic E-state index is 12.8. The number of piperidine rings is 1. The van der Waals surface area contributed by atoms with E-state index in [1.807, 2.05) is 0 Å². The summed E-state index contributed by atoms with van der Waals surface area (Å²) in [6, 6.07) is 0. The first-order valence-corrected chi connectivity index (χ1v) is 27.9. The topological polar surface area (TPSA) is 144 Å². The zero-order valence-corrected chi connectivity index (χ0v) is 43.4. The SMILES string of the molecule is CCCCCCCCCCOC(=O)CCCCCC(=O)OCC(COC(=O)CCCCCCC(=O)OC(CCCCCCCC)CCCCCCCC)COC(=O)OCCCN1CCCCC1. The lowest BCUT2D eigenvalue weighted by Crippen LogP contribution is -2.31. The lowest BCUT2D eigenvalue weighted by atomic mass is 10.0. The van der Waals surface area contributed by atoms with Gasteiger partial charge in [0.15, 0.2) is 0 Å². The molecule has 0 amide bonds. The standard InChI is InChI=1S/C55H101NO11/c1-4-7-10-13-16-17-22-33-44-62-51(57)37-29-23-30-39-53(59)65-47-49(48-66-55(61)63-45-34-43-56-41-31-24-32-42-56)46-64-52(58)38-27-20-21-28-40-54(60)67-50(35-25-18-14-11-8-5-2)36-26-19-15-12-9-6-3/h49-50H,4-48H2,1-3H3. The summed E-state index contributed by atoms with van der Waals surface area (Å²) in [5.74, 6) is -1.63. The van der Waals surface area contributed by atoms with Crippen molar-refractivity contribution in [1.82, 2.24) is 4.90 Å². The normalized spacial score (nSPS) is 13.3. The van der Waals surface area contributed by atoms with Crippen molar-refractivity contribution in [3.63, 3.8) is 0 Å². The monoisotopic (exact) mass is 952 g/mol. The van der Waals surface area contributed by atoms with Gasteiger partial charge in [-0.1, -0.05) is 156 Å². The number of rotatable bonds is 47. The van der Waals surface area contributed by atoms with Crippen molar-refractivity contribution in [3.05, 3.63) is 0 Å². The van der Waals surface area contributed by atoms with Crippen LogP contribution < -0.4 is 0 Å². The van der Waals surface area contributed by atoms with Crippen molar-refractivity contribution in [2.75, 3.05) is 52.7 Å². The molecule has 12 heteroatoms. The largest absolute Gasteiger partial charge is 0.508 e. The molecule has 0 aromatic heterocycles. The lowest BCUT2D eigenvalue weighted by molar-refractivity contribution is -0.151. The number of esters is 4. The Balaban J connectivity index is 2.41. The molecule has 1 fully saturated rings. The first kappa shape index (κ1) is 62.1. The van der Waals surface area contributed by atoms with Crippen molar-refractivity contribution in [2.45, 2.75) is 264 Å². The van der Waals surface area contributed by atoms with Crippen molar-refractivity contribution < 1.29 is 52.4 Å². The number of carbonyl (C=O) groups excluding carboxylic acids is 5. The fourth-order valence-electron chi connectivity index (χ4n) is 8.48. The second-order valence-corrected chi connectivity index (χ2v) is 19.3. The minimum atomic E-state index is -0.798. The zero-order valence-electron chi connectivity index (χ0n) is 43.4. The molecule has 12 nitrogen and oxygen atoms in total. The summed E-state index contributed by atoms with van der Waals surface area (Å²) in [4.78, 5) is 65.1. The van der Waals surface area contributed by atoms with Crippen molar-refractivity contribution in [1.29, 1.82) is 0 Å². The molecule has 0 bridgehead atoms. The van der Waals surface area contributed by atoms with Crippen molar-refractivity contribution in [2.24, 2.45) is 5.92 Å². The Morgan fingerprint density at radius 3 is 1.28 bits per heavy atom. The summed E-state index contributed by atoms with van der Waals surface area (Å²) < 4.78 is 33.1. The van der Waals surface area contributed by atoms with Gasteiger partial charge in [-0.05, 0) is 90.1 Å². The van der Waals surface area contributed by atoms with E-state index in [9.17, 15) is 24.0 Å². The van der Waals surface area contributed by atoms with Crippen LogP contribution >= 0.6 is 0 Å². The quantitative estimate of drug-likeness (QED) is 0.0325. The number of unbranched alkanes of at least 4 members (excludes halogenated alkanes) is 22. The molecule has 0 N–H and O–H groups in total. The van der Waals surface area contributed by atoms with E-state index in [2.05, 4.69) is 25.7 Å². The number of hydrogen-bond acceptors (Lipinski definition) is 12. The Morgan fingerprint density at radius 1 is 0.388 bits per heavy atom. The van der Waals surface area contributed by atoms with E-state index in [-0.39, 0.29) is 63.3 Å². The van der Waals surface area contributed by atoms with Crippen molar-refractivity contribution >= 4 is 30.0 Å². The molecule has 0 aromatic rings. The van der Waals surface area contributed by atoms with Gasteiger partial charge < -0.3 is 33.3 Å². The maximum atomic E-state index is 12.8. The molecule has 1 atom stereocenters. The number of ether oxygens (including phenoxy) is 6. The Hall–Kier alpha value is -2.89. The van der Waals surface area contributed by atoms with Gasteiger partial charge in [0.1, 0.15) is 25.9 Å². The lowest BCUT2D eigenvalue weighted by Gasteiger charge is -2.26. The predicted molar refractivity (Wildman–Crippen MR) is 268 cm³/mol. The molecule has 0 aliphatic carbocycles. The third-order valence-electron chi connectivity index (χ3n) is 12.8. The highest BCUT2D eigenvalue weighted by atomic mass is 16.7. The van der Waals surface area contributed by atoms with E-state index in [0.717, 1.165) is 83.8 Å². The van der Waals surface area contributed by atoms with Crippen molar-refractivity contribution in [3.8, 4) is 0 Å². The fraction of sp³-hybridized carbons (Fsp3) is 0.909. The molecule has 0 aromatic carbocycles. The van der Waals surface area contributed by atoms with E-state index in [0.29, 0.717) is 45.1 Å². The van der Waals surface area contributed by atoms with Gasteiger partial charge >= 0.3 is 30.0 Å². The Labute approximate surface area is 409 Å². The molecule has 1 heterocycles. The minimum Gasteiger partial charge on any atom is -0.466 e. The highest BCUT2D eigenvalue weighted by Crippen LogP contribution is 2.19. The van der Waals surface area contributed by atoms with E-state index in [1.165, 1.54) is 122 Å². The van der Waals surface area contributed by atoms with Gasteiger partial charge in [0, 0.05) is 32.2 Å². The molecular weight excluding hydrogens is 851 g/mol. The number of hydrogen-bond donors (Lipinski definition) is 0. The zero-order chi connectivity index (χ0) is 48.7. The molecule has 1 saturated heterocycles. The molecule has 392 valence electrons. The Bertz CT molecular complexity index is 1180. The Morgan fingerprint density at radius 2 is 0.776 bits per heavy atom. The molecular formula is C55H101NO11. The second-order valence-electron chi connectivity index (χ2n) is 19.3. The molecule has 1 rings (SSSR count). The van der Waals surface area contributed by atoms with Gasteiger partial charge in [-0.15, -0.1) is 0 Å². The summed E-state index contributed by atoms with van der Waals surface area (Å²) in [6.45, 7) is 10.2. The van der Waals surface area contributed by atoms with Crippen LogP contribution in [-0.4, -0.2) is 93.7 Å². The fourth-order valence-corrected chi connectivity index (χ4v) is 8.48. The summed E-state index contributed by atoms with van der Waals surface area (Å²) >= 11 is 0. The second kappa shape index (κ2) is 46.8. The van der Waals surface area contributed by atoms with Gasteiger partial charge in [-0.3, -0.25) is 19.2 Å². The van der Waals surface area contributed by atoms with Gasteiger partial charge in [0.25, 0.3) is 0 Å². The van der Waals surface area contributed by atoms with Crippen LogP contribution in [0.25, 0.3) is 0 Å². The molecule has 1 aliphatic rings. The van der Waals surface area contributed by atoms with E-state index in [4.69, 9.17) is 28.4 Å². The average molecular weight is 952 g/mol. The van der Waals surface area contributed by atoms with E-state index in [1.54, 1.807) is 0 Å². The van der Waals surface area contributed by atoms with Gasteiger partial charge in [-0.25, -0.2) is 4.79 Å². The van der Waals surface area contributed by atoms with Gasteiger partial charge in [0.2, 0.25) is 0 Å². The van der Waals surface area contributed by atoms with Crippen LogP contribution in [0.3, 0.4) is 0 Å². The Kier molecular flexibility index (Phi) is 43.4. The first-order valence-electron chi connectivity index (χ1n) is 27.9. The van der Waals surface area contributed by atoms with Crippen LogP contribution in [0.2, 0.25) is 0 Å². The molecule has 1 aliphatic heterocycles. The molecule has 0 saturated carbocycles. The number of carbonyl (C=O) groups is 5. The number of likely N-dealkylation sites (tertiary alicyclic amines) is 1. The molecule has 0 radical (unpaired) electrons. The van der Waals surface area contributed by atoms with Gasteiger partial charge in [-0.2, -0.15) is 0 Å².